The zero-order valence-electron chi connectivity index (χ0n) is 15.7. The van der Waals surface area contributed by atoms with Crippen molar-refractivity contribution in [3.63, 3.8) is 0 Å². The molecule has 2 atom stereocenters. The lowest BCUT2D eigenvalue weighted by atomic mass is 10.2. The van der Waals surface area contributed by atoms with Crippen molar-refractivity contribution in [2.45, 2.75) is 57.0 Å². The number of anilines is 2. The van der Waals surface area contributed by atoms with Crippen LogP contribution < -0.4 is 15.5 Å². The Bertz CT molecular complexity index is 567. The van der Waals surface area contributed by atoms with Gasteiger partial charge in [0.25, 0.3) is 0 Å². The van der Waals surface area contributed by atoms with Gasteiger partial charge in [-0.15, -0.1) is 0 Å². The Kier molecular flexibility index (Phi) is 7.02. The van der Waals surface area contributed by atoms with Crippen molar-refractivity contribution in [1.82, 2.24) is 10.3 Å². The van der Waals surface area contributed by atoms with Crippen LogP contribution in [0.1, 0.15) is 39.5 Å². The monoisotopic (exact) mass is 378 g/mol. The molecule has 1 aliphatic carbocycles. The second-order valence-corrected chi connectivity index (χ2v) is 8.63. The first-order valence-electron chi connectivity index (χ1n) is 9.63. The number of aromatic nitrogens is 1. The van der Waals surface area contributed by atoms with E-state index in [0.29, 0.717) is 12.2 Å². The molecule has 0 radical (unpaired) electrons. The number of hydrogen-bond donors (Lipinski definition) is 2. The summed E-state index contributed by atoms with van der Waals surface area (Å²) in [5, 5.41) is 6.57. The van der Waals surface area contributed by atoms with Gasteiger partial charge in [0.15, 0.2) is 0 Å². The molecule has 2 fully saturated rings. The number of amides is 2. The third kappa shape index (κ3) is 5.77. The highest BCUT2D eigenvalue weighted by Crippen LogP contribution is 2.28. The number of urea groups is 1. The Morgan fingerprint density at radius 3 is 2.65 bits per heavy atom. The van der Waals surface area contributed by atoms with Gasteiger partial charge in [-0.1, -0.05) is 12.8 Å². The van der Waals surface area contributed by atoms with Gasteiger partial charge >= 0.3 is 6.03 Å². The lowest BCUT2D eigenvalue weighted by Gasteiger charge is -2.36. The van der Waals surface area contributed by atoms with E-state index in [1.807, 2.05) is 23.9 Å². The normalized spacial score (nSPS) is 23.8. The van der Waals surface area contributed by atoms with Gasteiger partial charge in [-0.25, -0.2) is 9.78 Å². The van der Waals surface area contributed by atoms with E-state index < -0.39 is 0 Å². The minimum absolute atomic E-state index is 0.166. The molecule has 26 heavy (non-hydrogen) atoms. The SMILES string of the molecule is C[C@@H]1CN(c2ccc(NC(=O)NCCSC3CCCC3)cn2)C[C@H](C)O1. The summed E-state index contributed by atoms with van der Waals surface area (Å²) in [4.78, 5) is 18.7. The number of rotatable bonds is 6. The number of nitrogens with one attached hydrogen (secondary N) is 2. The lowest BCUT2D eigenvalue weighted by molar-refractivity contribution is -0.00545. The van der Waals surface area contributed by atoms with Crippen LogP contribution in [0.4, 0.5) is 16.3 Å². The number of pyridine rings is 1. The van der Waals surface area contributed by atoms with Crippen LogP contribution in [-0.4, -0.2) is 53.9 Å². The molecule has 1 saturated heterocycles. The summed E-state index contributed by atoms with van der Waals surface area (Å²) >= 11 is 1.98. The van der Waals surface area contributed by atoms with Gasteiger partial charge in [-0.05, 0) is 38.8 Å². The number of carbonyl (C=O) groups is 1. The Labute approximate surface area is 160 Å². The molecule has 1 aliphatic heterocycles. The molecule has 1 aromatic heterocycles. The van der Waals surface area contributed by atoms with Crippen molar-refractivity contribution >= 4 is 29.3 Å². The molecular formula is C19H30N4O2S. The van der Waals surface area contributed by atoms with Gasteiger partial charge in [0, 0.05) is 30.6 Å². The van der Waals surface area contributed by atoms with Crippen molar-refractivity contribution in [3.05, 3.63) is 18.3 Å². The quantitative estimate of drug-likeness (QED) is 0.742. The molecule has 0 unspecified atom stereocenters. The Morgan fingerprint density at radius 2 is 2.00 bits per heavy atom. The highest BCUT2D eigenvalue weighted by Gasteiger charge is 2.23. The predicted molar refractivity (Wildman–Crippen MR) is 108 cm³/mol. The minimum atomic E-state index is -0.166. The third-order valence-electron chi connectivity index (χ3n) is 4.79. The summed E-state index contributed by atoms with van der Waals surface area (Å²) in [6.45, 7) is 6.52. The highest BCUT2D eigenvalue weighted by molar-refractivity contribution is 7.99. The predicted octanol–water partition coefficient (Wildman–Crippen LogP) is 3.49. The maximum atomic E-state index is 12.0. The molecule has 2 heterocycles. The Balaban J connectivity index is 1.39. The number of morpholine rings is 1. The summed E-state index contributed by atoms with van der Waals surface area (Å²) < 4.78 is 5.76. The van der Waals surface area contributed by atoms with E-state index in [2.05, 4.69) is 34.4 Å². The molecule has 3 rings (SSSR count). The number of ether oxygens (including phenoxy) is 1. The summed E-state index contributed by atoms with van der Waals surface area (Å²) in [5.74, 6) is 1.90. The van der Waals surface area contributed by atoms with Crippen molar-refractivity contribution < 1.29 is 9.53 Å². The summed E-state index contributed by atoms with van der Waals surface area (Å²) in [6, 6.07) is 3.69. The fourth-order valence-corrected chi connectivity index (χ4v) is 4.85. The van der Waals surface area contributed by atoms with Gasteiger partial charge in [-0.3, -0.25) is 0 Å². The molecule has 6 nitrogen and oxygen atoms in total. The highest BCUT2D eigenvalue weighted by atomic mass is 32.2. The van der Waals surface area contributed by atoms with E-state index in [-0.39, 0.29) is 18.2 Å². The van der Waals surface area contributed by atoms with E-state index >= 15 is 0 Å². The van der Waals surface area contributed by atoms with Gasteiger partial charge in [-0.2, -0.15) is 11.8 Å². The zero-order chi connectivity index (χ0) is 18.4. The van der Waals surface area contributed by atoms with Gasteiger partial charge in [0.1, 0.15) is 5.82 Å². The van der Waals surface area contributed by atoms with Gasteiger partial charge in [0.05, 0.1) is 24.1 Å². The fraction of sp³-hybridized carbons (Fsp3) is 0.684. The first kappa shape index (κ1) is 19.3. The third-order valence-corrected chi connectivity index (χ3v) is 6.18. The molecule has 2 amide bonds. The topological polar surface area (TPSA) is 66.5 Å². The van der Waals surface area contributed by atoms with Crippen molar-refractivity contribution in [2.24, 2.45) is 0 Å². The molecule has 1 saturated carbocycles. The van der Waals surface area contributed by atoms with Crippen LogP contribution in [0.15, 0.2) is 18.3 Å². The molecule has 7 heteroatoms. The van der Waals surface area contributed by atoms with Crippen LogP contribution in [-0.2, 0) is 4.74 Å². The van der Waals surface area contributed by atoms with Crippen LogP contribution in [0.5, 0.6) is 0 Å². The molecule has 0 spiro atoms. The molecule has 2 N–H and O–H groups in total. The first-order valence-corrected chi connectivity index (χ1v) is 10.7. The standard InChI is InChI=1S/C19H30N4O2S/c1-14-12-23(13-15(2)25-14)18-8-7-16(11-21-18)22-19(24)20-9-10-26-17-5-3-4-6-17/h7-8,11,14-15,17H,3-6,9-10,12-13H2,1-2H3,(H2,20,22,24)/t14-,15+. The summed E-state index contributed by atoms with van der Waals surface area (Å²) in [5.41, 5.74) is 0.712. The largest absolute Gasteiger partial charge is 0.372 e. The number of carbonyl (C=O) groups excluding carboxylic acids is 1. The Hall–Kier alpha value is -1.47. The number of nitrogens with zero attached hydrogens (tertiary/aromatic N) is 2. The van der Waals surface area contributed by atoms with E-state index in [9.17, 15) is 4.79 Å². The summed E-state index contributed by atoms with van der Waals surface area (Å²) in [6.07, 6.45) is 7.49. The maximum Gasteiger partial charge on any atom is 0.319 e. The molecule has 144 valence electrons. The van der Waals surface area contributed by atoms with Crippen LogP contribution in [0.2, 0.25) is 0 Å². The van der Waals surface area contributed by atoms with E-state index in [0.717, 1.165) is 29.9 Å². The van der Waals surface area contributed by atoms with E-state index in [1.54, 1.807) is 6.20 Å². The number of hydrogen-bond acceptors (Lipinski definition) is 5. The zero-order valence-corrected chi connectivity index (χ0v) is 16.6. The van der Waals surface area contributed by atoms with Crippen LogP contribution >= 0.6 is 11.8 Å². The fourth-order valence-electron chi connectivity index (χ4n) is 3.63. The smallest absolute Gasteiger partial charge is 0.319 e. The number of thioether (sulfide) groups is 1. The van der Waals surface area contributed by atoms with Crippen molar-refractivity contribution in [1.29, 1.82) is 0 Å². The average Bonchev–Trinajstić information content (AvgIpc) is 3.12. The van der Waals surface area contributed by atoms with Crippen LogP contribution in [0, 0.1) is 0 Å². The van der Waals surface area contributed by atoms with Crippen LogP contribution in [0.25, 0.3) is 0 Å². The lowest BCUT2D eigenvalue weighted by Crippen LogP contribution is -2.45. The van der Waals surface area contributed by atoms with Gasteiger partial charge in [0.2, 0.25) is 0 Å². The van der Waals surface area contributed by atoms with Crippen molar-refractivity contribution in [2.75, 3.05) is 35.6 Å². The molecular weight excluding hydrogens is 348 g/mol. The second-order valence-electron chi connectivity index (χ2n) is 7.23. The molecule has 2 aliphatic rings. The van der Waals surface area contributed by atoms with Gasteiger partial charge < -0.3 is 20.3 Å². The Morgan fingerprint density at radius 1 is 1.27 bits per heavy atom. The van der Waals surface area contributed by atoms with Crippen LogP contribution in [0.3, 0.4) is 0 Å². The average molecular weight is 379 g/mol. The second kappa shape index (κ2) is 9.46. The molecule has 0 aromatic carbocycles. The molecule has 0 bridgehead atoms. The van der Waals surface area contributed by atoms with E-state index in [1.165, 1.54) is 25.7 Å². The first-order chi connectivity index (χ1) is 12.6. The summed E-state index contributed by atoms with van der Waals surface area (Å²) in [7, 11) is 0. The maximum absolute atomic E-state index is 12.0. The van der Waals surface area contributed by atoms with E-state index in [4.69, 9.17) is 4.74 Å². The van der Waals surface area contributed by atoms with Crippen molar-refractivity contribution in [3.8, 4) is 0 Å². The molecule has 1 aromatic rings. The minimum Gasteiger partial charge on any atom is -0.372 e.